The second-order valence-electron chi connectivity index (χ2n) is 4.19. The highest BCUT2D eigenvalue weighted by atomic mass is 35.5. The highest BCUT2D eigenvalue weighted by Gasteiger charge is 2.24. The van der Waals surface area contributed by atoms with Crippen LogP contribution in [0.4, 0.5) is 5.82 Å². The average Bonchev–Trinajstić information content (AvgIpc) is 2.78. The molecule has 1 aromatic rings. The van der Waals surface area contributed by atoms with E-state index in [0.717, 1.165) is 24.3 Å². The maximum Gasteiger partial charge on any atom is 0.129 e. The number of rotatable bonds is 3. The Kier molecular flexibility index (Phi) is 3.66. The molecule has 1 saturated heterocycles. The zero-order valence-electron chi connectivity index (χ0n) is 9.49. The molecular formula is C12H17ClN2O. The van der Waals surface area contributed by atoms with E-state index in [4.69, 9.17) is 11.6 Å². The van der Waals surface area contributed by atoms with E-state index in [9.17, 15) is 5.11 Å². The zero-order valence-corrected chi connectivity index (χ0v) is 10.2. The molecule has 0 amide bonds. The predicted molar refractivity (Wildman–Crippen MR) is 65.8 cm³/mol. The number of halogens is 1. The lowest BCUT2D eigenvalue weighted by atomic mass is 10.1. The fraction of sp³-hybridized carbons (Fsp3) is 0.583. The van der Waals surface area contributed by atoms with Crippen molar-refractivity contribution >= 4 is 17.4 Å². The van der Waals surface area contributed by atoms with Crippen molar-refractivity contribution in [2.75, 3.05) is 11.4 Å². The molecular weight excluding hydrogens is 224 g/mol. The lowest BCUT2D eigenvalue weighted by molar-refractivity contribution is 0.282. The first-order valence-corrected chi connectivity index (χ1v) is 6.16. The van der Waals surface area contributed by atoms with E-state index in [1.54, 1.807) is 6.20 Å². The largest absolute Gasteiger partial charge is 0.392 e. The second-order valence-corrected chi connectivity index (χ2v) is 4.60. The van der Waals surface area contributed by atoms with Gasteiger partial charge in [0.15, 0.2) is 0 Å². The van der Waals surface area contributed by atoms with Gasteiger partial charge < -0.3 is 10.0 Å². The van der Waals surface area contributed by atoms with E-state index < -0.39 is 0 Å². The fourth-order valence-electron chi connectivity index (χ4n) is 2.31. The summed E-state index contributed by atoms with van der Waals surface area (Å²) in [5.74, 6) is 0.942. The van der Waals surface area contributed by atoms with Crippen molar-refractivity contribution < 1.29 is 5.11 Å². The molecule has 1 aliphatic rings. The first-order valence-electron chi connectivity index (χ1n) is 5.78. The third-order valence-corrected chi connectivity index (χ3v) is 3.57. The van der Waals surface area contributed by atoms with E-state index in [-0.39, 0.29) is 6.61 Å². The van der Waals surface area contributed by atoms with Crippen LogP contribution < -0.4 is 4.90 Å². The standard InChI is InChI=1S/C12H17ClN2O/c1-2-10-4-3-5-15(10)12-6-9(8-16)11(13)7-14-12/h6-7,10,16H,2-5,8H2,1H3. The molecule has 0 aliphatic carbocycles. The van der Waals surface area contributed by atoms with Crippen molar-refractivity contribution in [2.24, 2.45) is 0 Å². The maximum absolute atomic E-state index is 9.18. The van der Waals surface area contributed by atoms with Crippen LogP contribution in [0.5, 0.6) is 0 Å². The van der Waals surface area contributed by atoms with Gasteiger partial charge in [-0.1, -0.05) is 18.5 Å². The van der Waals surface area contributed by atoms with Crippen molar-refractivity contribution in [3.05, 3.63) is 22.8 Å². The summed E-state index contributed by atoms with van der Waals surface area (Å²) in [6.07, 6.45) is 5.22. The van der Waals surface area contributed by atoms with Gasteiger partial charge in [0.2, 0.25) is 0 Å². The van der Waals surface area contributed by atoms with E-state index in [1.165, 1.54) is 12.8 Å². The summed E-state index contributed by atoms with van der Waals surface area (Å²) < 4.78 is 0. The molecule has 88 valence electrons. The summed E-state index contributed by atoms with van der Waals surface area (Å²) in [7, 11) is 0. The molecule has 2 heterocycles. The van der Waals surface area contributed by atoms with Gasteiger partial charge in [-0.2, -0.15) is 0 Å². The minimum absolute atomic E-state index is 0.0288. The average molecular weight is 241 g/mol. The second kappa shape index (κ2) is 5.02. The maximum atomic E-state index is 9.18. The number of hydrogen-bond donors (Lipinski definition) is 1. The summed E-state index contributed by atoms with van der Waals surface area (Å²) in [5.41, 5.74) is 0.758. The van der Waals surface area contributed by atoms with Crippen molar-refractivity contribution in [2.45, 2.75) is 38.8 Å². The van der Waals surface area contributed by atoms with Crippen molar-refractivity contribution in [3.8, 4) is 0 Å². The van der Waals surface area contributed by atoms with Gasteiger partial charge in [-0.25, -0.2) is 4.98 Å². The normalized spacial score (nSPS) is 20.4. The zero-order chi connectivity index (χ0) is 11.5. The number of aliphatic hydroxyl groups excluding tert-OH is 1. The van der Waals surface area contributed by atoms with Crippen LogP contribution in [0.3, 0.4) is 0 Å². The van der Waals surface area contributed by atoms with Gasteiger partial charge in [0.1, 0.15) is 5.82 Å². The molecule has 1 aliphatic heterocycles. The summed E-state index contributed by atoms with van der Waals surface area (Å²) in [6, 6.07) is 2.48. The van der Waals surface area contributed by atoms with Crippen LogP contribution in [0.15, 0.2) is 12.3 Å². The molecule has 1 aromatic heterocycles. The van der Waals surface area contributed by atoms with Gasteiger partial charge in [-0.3, -0.25) is 0 Å². The van der Waals surface area contributed by atoms with Crippen molar-refractivity contribution in [3.63, 3.8) is 0 Å². The number of aliphatic hydroxyl groups is 1. The Labute approximate surface area is 101 Å². The number of nitrogens with zero attached hydrogens (tertiary/aromatic N) is 2. The monoisotopic (exact) mass is 240 g/mol. The molecule has 0 saturated carbocycles. The Balaban J connectivity index is 2.26. The third-order valence-electron chi connectivity index (χ3n) is 3.23. The SMILES string of the molecule is CCC1CCCN1c1cc(CO)c(Cl)cn1. The molecule has 0 aromatic carbocycles. The molecule has 0 radical (unpaired) electrons. The first kappa shape index (κ1) is 11.7. The summed E-state index contributed by atoms with van der Waals surface area (Å²) in [4.78, 5) is 6.66. The topological polar surface area (TPSA) is 36.4 Å². The molecule has 1 unspecified atom stereocenters. The Morgan fingerprint density at radius 3 is 3.12 bits per heavy atom. The number of anilines is 1. The summed E-state index contributed by atoms with van der Waals surface area (Å²) in [6.45, 7) is 3.23. The molecule has 0 bridgehead atoms. The minimum Gasteiger partial charge on any atom is -0.392 e. The Hall–Kier alpha value is -0.800. The third kappa shape index (κ3) is 2.15. The molecule has 3 nitrogen and oxygen atoms in total. The smallest absolute Gasteiger partial charge is 0.129 e. The summed E-state index contributed by atoms with van der Waals surface area (Å²) >= 11 is 5.93. The van der Waals surface area contributed by atoms with Gasteiger partial charge >= 0.3 is 0 Å². The van der Waals surface area contributed by atoms with Crippen LogP contribution >= 0.6 is 11.6 Å². The van der Waals surface area contributed by atoms with Crippen molar-refractivity contribution in [1.82, 2.24) is 4.98 Å². The van der Waals surface area contributed by atoms with Gasteiger partial charge in [0.25, 0.3) is 0 Å². The van der Waals surface area contributed by atoms with E-state index >= 15 is 0 Å². The van der Waals surface area contributed by atoms with Gasteiger partial charge in [-0.15, -0.1) is 0 Å². The molecule has 1 atom stereocenters. The lowest BCUT2D eigenvalue weighted by Gasteiger charge is -2.25. The van der Waals surface area contributed by atoms with Crippen LogP contribution in [-0.2, 0) is 6.61 Å². The molecule has 4 heteroatoms. The van der Waals surface area contributed by atoms with Crippen LogP contribution in [0.1, 0.15) is 31.7 Å². The van der Waals surface area contributed by atoms with Gasteiger partial charge in [0.05, 0.1) is 11.6 Å². The van der Waals surface area contributed by atoms with Crippen LogP contribution in [0.2, 0.25) is 5.02 Å². The number of pyridine rings is 1. The lowest BCUT2D eigenvalue weighted by Crippen LogP contribution is -2.29. The fourth-order valence-corrected chi connectivity index (χ4v) is 2.47. The van der Waals surface area contributed by atoms with Gasteiger partial charge in [0, 0.05) is 24.3 Å². The van der Waals surface area contributed by atoms with E-state index in [2.05, 4.69) is 16.8 Å². The molecule has 2 rings (SSSR count). The Bertz CT molecular complexity index is 370. The molecule has 16 heavy (non-hydrogen) atoms. The van der Waals surface area contributed by atoms with E-state index in [0.29, 0.717) is 11.1 Å². The predicted octanol–water partition coefficient (Wildman–Crippen LogP) is 2.61. The van der Waals surface area contributed by atoms with Crippen molar-refractivity contribution in [1.29, 1.82) is 0 Å². The molecule has 1 N–H and O–H groups in total. The van der Waals surface area contributed by atoms with Crippen LogP contribution in [0.25, 0.3) is 0 Å². The Morgan fingerprint density at radius 2 is 2.44 bits per heavy atom. The summed E-state index contributed by atoms with van der Waals surface area (Å²) in [5, 5.41) is 9.72. The highest BCUT2D eigenvalue weighted by Crippen LogP contribution is 2.28. The van der Waals surface area contributed by atoms with Gasteiger partial charge in [-0.05, 0) is 25.3 Å². The minimum atomic E-state index is -0.0288. The molecule has 1 fully saturated rings. The number of aromatic nitrogens is 1. The Morgan fingerprint density at radius 1 is 1.62 bits per heavy atom. The van der Waals surface area contributed by atoms with Crippen LogP contribution in [0, 0.1) is 0 Å². The van der Waals surface area contributed by atoms with Crippen LogP contribution in [-0.4, -0.2) is 22.7 Å². The molecule has 0 spiro atoms. The van der Waals surface area contributed by atoms with E-state index in [1.807, 2.05) is 6.07 Å². The highest BCUT2D eigenvalue weighted by molar-refractivity contribution is 6.31. The number of hydrogen-bond acceptors (Lipinski definition) is 3. The first-order chi connectivity index (χ1) is 7.76. The quantitative estimate of drug-likeness (QED) is 0.883.